The van der Waals surface area contributed by atoms with Crippen LogP contribution in [0.15, 0.2) is 28.8 Å². The van der Waals surface area contributed by atoms with E-state index in [1.165, 1.54) is 12.8 Å². The smallest absolute Gasteiger partial charge is 0.257 e. The molecule has 2 fully saturated rings. The van der Waals surface area contributed by atoms with Crippen LogP contribution in [-0.4, -0.2) is 71.2 Å². The van der Waals surface area contributed by atoms with Crippen LogP contribution in [-0.2, 0) is 4.79 Å². The van der Waals surface area contributed by atoms with Crippen LogP contribution in [0.3, 0.4) is 0 Å². The third-order valence-electron chi connectivity index (χ3n) is 6.63. The Labute approximate surface area is 179 Å². The molecule has 0 bridgehead atoms. The van der Waals surface area contributed by atoms with Crippen molar-refractivity contribution in [1.82, 2.24) is 19.9 Å². The van der Waals surface area contributed by atoms with Crippen LogP contribution in [0.2, 0.25) is 0 Å². The van der Waals surface area contributed by atoms with Gasteiger partial charge in [0.05, 0.1) is 5.92 Å². The highest BCUT2D eigenvalue weighted by molar-refractivity contribution is 5.80. The van der Waals surface area contributed by atoms with E-state index in [1.54, 1.807) is 0 Å². The minimum Gasteiger partial charge on any atom is -0.371 e. The van der Waals surface area contributed by atoms with Gasteiger partial charge in [0.1, 0.15) is 0 Å². The molecule has 0 N–H and O–H groups in total. The van der Waals surface area contributed by atoms with Crippen molar-refractivity contribution in [2.24, 2.45) is 5.92 Å². The van der Waals surface area contributed by atoms with Gasteiger partial charge >= 0.3 is 0 Å². The predicted molar refractivity (Wildman–Crippen MR) is 117 cm³/mol. The average molecular weight is 412 g/mol. The van der Waals surface area contributed by atoms with Crippen LogP contribution in [0.4, 0.5) is 5.69 Å². The summed E-state index contributed by atoms with van der Waals surface area (Å²) in [5.74, 6) is 1.61. The van der Waals surface area contributed by atoms with Gasteiger partial charge in [0.15, 0.2) is 5.82 Å². The van der Waals surface area contributed by atoms with E-state index in [4.69, 9.17) is 4.52 Å². The molecule has 1 atom stereocenters. The Kier molecular flexibility index (Phi) is 6.37. The molecule has 0 aliphatic carbocycles. The molecule has 162 valence electrons. The van der Waals surface area contributed by atoms with Crippen LogP contribution in [0.1, 0.15) is 38.9 Å². The Bertz CT molecular complexity index is 838. The number of nitrogens with zero attached hydrogens (tertiary/aromatic N) is 5. The molecule has 1 aromatic heterocycles. The maximum atomic E-state index is 13.1. The highest BCUT2D eigenvalue weighted by Crippen LogP contribution is 2.28. The van der Waals surface area contributed by atoms with Gasteiger partial charge in [0.2, 0.25) is 5.91 Å². The predicted octanol–water partition coefficient (Wildman–Crippen LogP) is 3.20. The molecule has 3 heterocycles. The highest BCUT2D eigenvalue weighted by Gasteiger charge is 2.33. The Hall–Kier alpha value is -2.41. The standard InChI is InChI=1S/C23H33N5O2/c1-4-20(5-2)26-12-14-27(15-13-26)23(29)19-10-11-28(16-19)21-8-6-18(7-9-21)22-24-17(3)25-30-22/h6-9,19-20H,4-5,10-16H2,1-3H3. The summed E-state index contributed by atoms with van der Waals surface area (Å²) in [7, 11) is 0. The number of anilines is 1. The first-order chi connectivity index (χ1) is 14.6. The zero-order valence-corrected chi connectivity index (χ0v) is 18.4. The topological polar surface area (TPSA) is 65.7 Å². The molecular weight excluding hydrogens is 378 g/mol. The Morgan fingerprint density at radius 3 is 2.40 bits per heavy atom. The first kappa shape index (κ1) is 20.8. The maximum absolute atomic E-state index is 13.1. The fourth-order valence-corrected chi connectivity index (χ4v) is 4.80. The molecule has 0 spiro atoms. The zero-order chi connectivity index (χ0) is 21.1. The number of benzene rings is 1. The van der Waals surface area contributed by atoms with Crippen molar-refractivity contribution in [3.63, 3.8) is 0 Å². The zero-order valence-electron chi connectivity index (χ0n) is 18.4. The lowest BCUT2D eigenvalue weighted by atomic mass is 10.1. The van der Waals surface area contributed by atoms with E-state index in [0.29, 0.717) is 23.7 Å². The fraction of sp³-hybridized carbons (Fsp3) is 0.609. The molecule has 7 heteroatoms. The van der Waals surface area contributed by atoms with Gasteiger partial charge in [-0.05, 0) is 50.5 Å². The van der Waals surface area contributed by atoms with Gasteiger partial charge in [-0.2, -0.15) is 4.98 Å². The van der Waals surface area contributed by atoms with Crippen molar-refractivity contribution in [3.8, 4) is 11.5 Å². The number of aryl methyl sites for hydroxylation is 1. The second-order valence-corrected chi connectivity index (χ2v) is 8.46. The summed E-state index contributed by atoms with van der Waals surface area (Å²) in [6.07, 6.45) is 3.30. The molecule has 0 saturated carbocycles. The van der Waals surface area contributed by atoms with Crippen LogP contribution < -0.4 is 4.90 Å². The van der Waals surface area contributed by atoms with E-state index in [1.807, 2.05) is 19.1 Å². The van der Waals surface area contributed by atoms with Crippen molar-refractivity contribution in [2.75, 3.05) is 44.2 Å². The second kappa shape index (κ2) is 9.16. The maximum Gasteiger partial charge on any atom is 0.257 e. The SMILES string of the molecule is CCC(CC)N1CCN(C(=O)C2CCN(c3ccc(-c4nc(C)no4)cc3)C2)CC1. The summed E-state index contributed by atoms with van der Waals surface area (Å²) in [6.45, 7) is 11.8. The summed E-state index contributed by atoms with van der Waals surface area (Å²) >= 11 is 0. The number of carbonyl (C=O) groups excluding carboxylic acids is 1. The number of carbonyl (C=O) groups is 1. The third-order valence-corrected chi connectivity index (χ3v) is 6.63. The first-order valence-corrected chi connectivity index (χ1v) is 11.3. The number of hydrogen-bond donors (Lipinski definition) is 0. The summed E-state index contributed by atoms with van der Waals surface area (Å²) < 4.78 is 5.24. The lowest BCUT2D eigenvalue weighted by Gasteiger charge is -2.39. The molecule has 2 aromatic rings. The monoisotopic (exact) mass is 411 g/mol. The van der Waals surface area contributed by atoms with Gasteiger partial charge < -0.3 is 14.3 Å². The van der Waals surface area contributed by atoms with E-state index in [-0.39, 0.29) is 5.92 Å². The summed E-state index contributed by atoms with van der Waals surface area (Å²) in [5.41, 5.74) is 2.06. The van der Waals surface area contributed by atoms with Gasteiger partial charge in [-0.3, -0.25) is 9.69 Å². The second-order valence-electron chi connectivity index (χ2n) is 8.46. The van der Waals surface area contributed by atoms with Crippen molar-refractivity contribution in [2.45, 2.75) is 46.1 Å². The molecular formula is C23H33N5O2. The van der Waals surface area contributed by atoms with Crippen LogP contribution in [0.5, 0.6) is 0 Å². The number of amides is 1. The molecule has 2 aliphatic rings. The quantitative estimate of drug-likeness (QED) is 0.727. The molecule has 1 amide bonds. The largest absolute Gasteiger partial charge is 0.371 e. The van der Waals surface area contributed by atoms with Crippen molar-refractivity contribution >= 4 is 11.6 Å². The van der Waals surface area contributed by atoms with Gasteiger partial charge in [-0.1, -0.05) is 19.0 Å². The van der Waals surface area contributed by atoms with Crippen molar-refractivity contribution < 1.29 is 9.32 Å². The molecule has 30 heavy (non-hydrogen) atoms. The molecule has 7 nitrogen and oxygen atoms in total. The summed E-state index contributed by atoms with van der Waals surface area (Å²) in [5, 5.41) is 3.85. The van der Waals surface area contributed by atoms with E-state index in [9.17, 15) is 4.79 Å². The fourth-order valence-electron chi connectivity index (χ4n) is 4.80. The van der Waals surface area contributed by atoms with Gasteiger partial charge in [0, 0.05) is 56.6 Å². The summed E-state index contributed by atoms with van der Waals surface area (Å²) in [4.78, 5) is 24.3. The Balaban J connectivity index is 1.31. The molecule has 0 radical (unpaired) electrons. The normalized spacial score (nSPS) is 20.3. The molecule has 4 rings (SSSR count). The minimum absolute atomic E-state index is 0.1000. The lowest BCUT2D eigenvalue weighted by molar-refractivity contribution is -0.137. The van der Waals surface area contributed by atoms with E-state index < -0.39 is 0 Å². The van der Waals surface area contributed by atoms with E-state index >= 15 is 0 Å². The van der Waals surface area contributed by atoms with Crippen LogP contribution in [0, 0.1) is 12.8 Å². The summed E-state index contributed by atoms with van der Waals surface area (Å²) in [6, 6.07) is 8.83. The number of piperazine rings is 1. The van der Waals surface area contributed by atoms with Crippen molar-refractivity contribution in [3.05, 3.63) is 30.1 Å². The lowest BCUT2D eigenvalue weighted by Crippen LogP contribution is -2.53. The minimum atomic E-state index is 0.1000. The van der Waals surface area contributed by atoms with Gasteiger partial charge in [-0.15, -0.1) is 0 Å². The van der Waals surface area contributed by atoms with Gasteiger partial charge in [-0.25, -0.2) is 0 Å². The number of hydrogen-bond acceptors (Lipinski definition) is 6. The van der Waals surface area contributed by atoms with E-state index in [0.717, 1.165) is 56.9 Å². The van der Waals surface area contributed by atoms with Crippen molar-refractivity contribution in [1.29, 1.82) is 0 Å². The Morgan fingerprint density at radius 1 is 1.10 bits per heavy atom. The van der Waals surface area contributed by atoms with Gasteiger partial charge in [0.25, 0.3) is 5.89 Å². The molecule has 1 aromatic carbocycles. The Morgan fingerprint density at radius 2 is 1.80 bits per heavy atom. The average Bonchev–Trinajstić information content (AvgIpc) is 3.44. The molecule has 2 saturated heterocycles. The third kappa shape index (κ3) is 4.36. The number of aromatic nitrogens is 2. The highest BCUT2D eigenvalue weighted by atomic mass is 16.5. The van der Waals surface area contributed by atoms with Crippen LogP contribution >= 0.6 is 0 Å². The van der Waals surface area contributed by atoms with E-state index in [2.05, 4.69) is 50.8 Å². The first-order valence-electron chi connectivity index (χ1n) is 11.3. The molecule has 1 unspecified atom stereocenters. The molecule has 2 aliphatic heterocycles. The number of rotatable bonds is 6. The van der Waals surface area contributed by atoms with Crippen LogP contribution in [0.25, 0.3) is 11.5 Å².